The highest BCUT2D eigenvalue weighted by atomic mass is 16.5. The molecule has 0 heterocycles. The van der Waals surface area contributed by atoms with Crippen LogP contribution in [0.25, 0.3) is 0 Å². The number of nitrogens with zero attached hydrogens (tertiary/aromatic N) is 1. The Morgan fingerprint density at radius 2 is 1.86 bits per heavy atom. The van der Waals surface area contributed by atoms with E-state index in [0.717, 1.165) is 11.3 Å². The third-order valence-corrected chi connectivity index (χ3v) is 1.60. The molecular weight excluding hydrogens is 174 g/mol. The third-order valence-electron chi connectivity index (χ3n) is 1.60. The van der Waals surface area contributed by atoms with Gasteiger partial charge in [0, 0.05) is 18.8 Å². The summed E-state index contributed by atoms with van der Waals surface area (Å²) in [6.45, 7) is 6.10. The van der Waals surface area contributed by atoms with E-state index in [1.807, 2.05) is 45.0 Å². The maximum Gasteiger partial charge on any atom is 0.128 e. The minimum Gasteiger partial charge on any atom is -0.487 e. The molecule has 0 bridgehead atoms. The average Bonchev–Trinajstić information content (AvgIpc) is 2.06. The Labute approximate surface area is 85.6 Å². The second-order valence-corrected chi connectivity index (χ2v) is 4.14. The zero-order chi connectivity index (χ0) is 10.6. The maximum absolute atomic E-state index is 5.79. The lowest BCUT2D eigenvalue weighted by Gasteiger charge is -2.22. The van der Waals surface area contributed by atoms with Crippen LogP contribution < -0.4 is 4.74 Å². The first-order chi connectivity index (χ1) is 6.53. The molecule has 0 atom stereocenters. The van der Waals surface area contributed by atoms with Crippen LogP contribution in [0.15, 0.2) is 29.3 Å². The number of benzene rings is 1. The normalized spacial score (nSPS) is 12.0. The SMILES string of the molecule is C/N=C/c1ccccc1OC(C)(C)C. The molecule has 76 valence electrons. The van der Waals surface area contributed by atoms with Crippen LogP contribution in [0.4, 0.5) is 0 Å². The summed E-state index contributed by atoms with van der Waals surface area (Å²) in [7, 11) is 1.76. The third kappa shape index (κ3) is 3.21. The Balaban J connectivity index is 2.96. The Kier molecular flexibility index (Phi) is 3.28. The predicted octanol–water partition coefficient (Wildman–Crippen LogP) is 2.91. The summed E-state index contributed by atoms with van der Waals surface area (Å²) < 4.78 is 5.79. The number of para-hydroxylation sites is 1. The molecule has 14 heavy (non-hydrogen) atoms. The van der Waals surface area contributed by atoms with Crippen molar-refractivity contribution >= 4 is 6.21 Å². The number of rotatable bonds is 2. The van der Waals surface area contributed by atoms with Crippen molar-refractivity contribution in [1.82, 2.24) is 0 Å². The van der Waals surface area contributed by atoms with Crippen LogP contribution in [0.5, 0.6) is 5.75 Å². The van der Waals surface area contributed by atoms with Crippen molar-refractivity contribution in [3.05, 3.63) is 29.8 Å². The molecule has 0 aliphatic heterocycles. The van der Waals surface area contributed by atoms with Crippen molar-refractivity contribution in [3.8, 4) is 5.75 Å². The quantitative estimate of drug-likeness (QED) is 0.659. The van der Waals surface area contributed by atoms with Gasteiger partial charge < -0.3 is 4.74 Å². The monoisotopic (exact) mass is 191 g/mol. The largest absolute Gasteiger partial charge is 0.487 e. The summed E-state index contributed by atoms with van der Waals surface area (Å²) in [5, 5.41) is 0. The Bertz CT molecular complexity index is 323. The van der Waals surface area contributed by atoms with Gasteiger partial charge in [-0.1, -0.05) is 12.1 Å². The molecule has 0 saturated carbocycles. The number of hydrogen-bond acceptors (Lipinski definition) is 2. The van der Waals surface area contributed by atoms with Gasteiger partial charge in [0.05, 0.1) is 0 Å². The number of hydrogen-bond donors (Lipinski definition) is 0. The molecule has 0 saturated heterocycles. The van der Waals surface area contributed by atoms with E-state index >= 15 is 0 Å². The van der Waals surface area contributed by atoms with E-state index in [1.165, 1.54) is 0 Å². The van der Waals surface area contributed by atoms with Crippen molar-refractivity contribution in [2.75, 3.05) is 7.05 Å². The van der Waals surface area contributed by atoms with E-state index in [2.05, 4.69) is 4.99 Å². The fourth-order valence-corrected chi connectivity index (χ4v) is 1.15. The van der Waals surface area contributed by atoms with Crippen LogP contribution in [-0.2, 0) is 0 Å². The second-order valence-electron chi connectivity index (χ2n) is 4.14. The summed E-state index contributed by atoms with van der Waals surface area (Å²) in [5.74, 6) is 0.880. The van der Waals surface area contributed by atoms with Gasteiger partial charge in [0.25, 0.3) is 0 Å². The van der Waals surface area contributed by atoms with Gasteiger partial charge in [-0.25, -0.2) is 0 Å². The van der Waals surface area contributed by atoms with Gasteiger partial charge in [0.1, 0.15) is 11.4 Å². The first-order valence-corrected chi connectivity index (χ1v) is 4.73. The van der Waals surface area contributed by atoms with Crippen molar-refractivity contribution in [2.24, 2.45) is 4.99 Å². The van der Waals surface area contributed by atoms with Crippen molar-refractivity contribution in [1.29, 1.82) is 0 Å². The lowest BCUT2D eigenvalue weighted by molar-refractivity contribution is 0.130. The molecule has 1 rings (SSSR count). The molecule has 0 fully saturated rings. The molecule has 0 amide bonds. The van der Waals surface area contributed by atoms with Gasteiger partial charge in [0.15, 0.2) is 0 Å². The first-order valence-electron chi connectivity index (χ1n) is 4.73. The van der Waals surface area contributed by atoms with Crippen molar-refractivity contribution < 1.29 is 4.74 Å². The average molecular weight is 191 g/mol. The minimum atomic E-state index is -0.169. The first kappa shape index (κ1) is 10.8. The minimum absolute atomic E-state index is 0.169. The van der Waals surface area contributed by atoms with Crippen LogP contribution in [0.1, 0.15) is 26.3 Å². The molecule has 0 aliphatic rings. The summed E-state index contributed by atoms with van der Waals surface area (Å²) >= 11 is 0. The highest BCUT2D eigenvalue weighted by Crippen LogP contribution is 2.21. The fourth-order valence-electron chi connectivity index (χ4n) is 1.15. The topological polar surface area (TPSA) is 21.6 Å². The zero-order valence-corrected chi connectivity index (χ0v) is 9.24. The van der Waals surface area contributed by atoms with E-state index in [-0.39, 0.29) is 5.60 Å². The Morgan fingerprint density at radius 3 is 2.43 bits per heavy atom. The molecule has 1 aromatic rings. The van der Waals surface area contributed by atoms with Gasteiger partial charge in [-0.15, -0.1) is 0 Å². The molecule has 0 aromatic heterocycles. The molecule has 2 nitrogen and oxygen atoms in total. The van der Waals surface area contributed by atoms with Gasteiger partial charge in [-0.05, 0) is 32.9 Å². The summed E-state index contributed by atoms with van der Waals surface area (Å²) in [4.78, 5) is 3.99. The van der Waals surface area contributed by atoms with Crippen LogP contribution >= 0.6 is 0 Å². The number of aliphatic imine (C=N–C) groups is 1. The molecule has 0 N–H and O–H groups in total. The van der Waals surface area contributed by atoms with E-state index in [0.29, 0.717) is 0 Å². The predicted molar refractivity (Wildman–Crippen MR) is 60.3 cm³/mol. The molecule has 0 radical (unpaired) electrons. The van der Waals surface area contributed by atoms with E-state index in [9.17, 15) is 0 Å². The van der Waals surface area contributed by atoms with Gasteiger partial charge in [-0.2, -0.15) is 0 Å². The smallest absolute Gasteiger partial charge is 0.128 e. The van der Waals surface area contributed by atoms with Gasteiger partial charge in [-0.3, -0.25) is 4.99 Å². The van der Waals surface area contributed by atoms with Crippen LogP contribution in [-0.4, -0.2) is 18.9 Å². The van der Waals surface area contributed by atoms with Gasteiger partial charge >= 0.3 is 0 Å². The summed E-state index contributed by atoms with van der Waals surface area (Å²) in [5.41, 5.74) is 0.849. The molecule has 0 unspecified atom stereocenters. The highest BCUT2D eigenvalue weighted by molar-refractivity contribution is 5.83. The standard InChI is InChI=1S/C12H17NO/c1-12(2,3)14-11-8-6-5-7-10(11)9-13-4/h5-9H,1-4H3/b13-9+. The van der Waals surface area contributed by atoms with E-state index < -0.39 is 0 Å². The Hall–Kier alpha value is -1.31. The molecular formula is C12H17NO. The van der Waals surface area contributed by atoms with Crippen molar-refractivity contribution in [3.63, 3.8) is 0 Å². The van der Waals surface area contributed by atoms with E-state index in [4.69, 9.17) is 4.74 Å². The molecule has 1 aromatic carbocycles. The van der Waals surface area contributed by atoms with Crippen LogP contribution in [0.3, 0.4) is 0 Å². The second kappa shape index (κ2) is 4.27. The molecule has 0 aliphatic carbocycles. The Morgan fingerprint density at radius 1 is 1.21 bits per heavy atom. The number of ether oxygens (including phenoxy) is 1. The lowest BCUT2D eigenvalue weighted by atomic mass is 10.1. The highest BCUT2D eigenvalue weighted by Gasteiger charge is 2.13. The van der Waals surface area contributed by atoms with Crippen molar-refractivity contribution in [2.45, 2.75) is 26.4 Å². The maximum atomic E-state index is 5.79. The molecule has 0 spiro atoms. The van der Waals surface area contributed by atoms with E-state index in [1.54, 1.807) is 13.3 Å². The molecule has 2 heteroatoms. The zero-order valence-electron chi connectivity index (χ0n) is 9.24. The summed E-state index contributed by atoms with van der Waals surface area (Å²) in [6.07, 6.45) is 1.81. The fraction of sp³-hybridized carbons (Fsp3) is 0.417. The lowest BCUT2D eigenvalue weighted by Crippen LogP contribution is -2.23. The van der Waals surface area contributed by atoms with Crippen LogP contribution in [0.2, 0.25) is 0 Å². The van der Waals surface area contributed by atoms with Crippen LogP contribution in [0, 0.1) is 0 Å². The van der Waals surface area contributed by atoms with Gasteiger partial charge in [0.2, 0.25) is 0 Å². The summed E-state index contributed by atoms with van der Waals surface area (Å²) in [6, 6.07) is 7.90.